The quantitative estimate of drug-likeness (QED) is 0.475. The second-order valence-corrected chi connectivity index (χ2v) is 9.66. The van der Waals surface area contributed by atoms with Crippen LogP contribution >= 0.6 is 11.9 Å². The van der Waals surface area contributed by atoms with E-state index in [1.807, 2.05) is 13.8 Å². The number of hydrogen-bond acceptors (Lipinski definition) is 5. The predicted octanol–water partition coefficient (Wildman–Crippen LogP) is 5.34. The number of halogens is 2. The molecule has 182 valence electrons. The Hall–Kier alpha value is -2.16. The van der Waals surface area contributed by atoms with Crippen molar-refractivity contribution >= 4 is 17.9 Å². The minimum absolute atomic E-state index is 0.114. The highest BCUT2D eigenvalue weighted by Crippen LogP contribution is 2.45. The molecular weight excluding hydrogens is 444 g/mol. The van der Waals surface area contributed by atoms with Gasteiger partial charge >= 0.3 is 6.61 Å². The molecule has 0 radical (unpaired) electrons. The zero-order valence-electron chi connectivity index (χ0n) is 20.0. The second-order valence-electron chi connectivity index (χ2n) is 8.99. The molecule has 33 heavy (non-hydrogen) atoms. The number of amides is 1. The van der Waals surface area contributed by atoms with E-state index < -0.39 is 12.5 Å². The molecule has 0 saturated heterocycles. The molecule has 8 heteroatoms. The minimum atomic E-state index is -2.84. The molecule has 2 aromatic rings. The number of benzene rings is 2. The van der Waals surface area contributed by atoms with Gasteiger partial charge in [0.1, 0.15) is 5.75 Å². The van der Waals surface area contributed by atoms with Crippen molar-refractivity contribution in [1.82, 2.24) is 4.90 Å². The summed E-state index contributed by atoms with van der Waals surface area (Å²) in [6, 6.07) is 9.63. The first kappa shape index (κ1) is 27.1. The van der Waals surface area contributed by atoms with Crippen LogP contribution in [0.5, 0.6) is 5.75 Å². The van der Waals surface area contributed by atoms with Gasteiger partial charge in [-0.25, -0.2) is 0 Å². The summed E-state index contributed by atoms with van der Waals surface area (Å²) in [5.41, 5.74) is 10.6. The number of hydrogen-bond donors (Lipinski definition) is 2. The largest absolute Gasteiger partial charge is 0.435 e. The lowest BCUT2D eigenvalue weighted by molar-refractivity contribution is -0.117. The van der Waals surface area contributed by atoms with Crippen LogP contribution in [0.1, 0.15) is 66.3 Å². The van der Waals surface area contributed by atoms with Crippen molar-refractivity contribution in [3.05, 3.63) is 58.1 Å². The standard InChI is InChI=1S/C15H19F2NO2.C10H16N2S/c1-8(2)11-5-10(20-15(16)17)6-12(9-3-4-9)13(11)7-14(18)19;1-8-6-9(7-12(2)3)4-5-10(8)13-11/h5-6,8-9,15H,3-4,7H2,1-2H3,(H2,18,19);4-6H,7,11H2,1-3H3. The fourth-order valence-electron chi connectivity index (χ4n) is 3.82. The van der Waals surface area contributed by atoms with Crippen LogP contribution in [0.15, 0.2) is 35.2 Å². The van der Waals surface area contributed by atoms with E-state index >= 15 is 0 Å². The Balaban J connectivity index is 0.000000257. The van der Waals surface area contributed by atoms with Gasteiger partial charge in [0.25, 0.3) is 0 Å². The van der Waals surface area contributed by atoms with Crippen LogP contribution in [0, 0.1) is 6.92 Å². The second kappa shape index (κ2) is 12.3. The average Bonchev–Trinajstić information content (AvgIpc) is 3.53. The van der Waals surface area contributed by atoms with Gasteiger partial charge in [-0.15, -0.1) is 0 Å². The number of primary amides is 1. The van der Waals surface area contributed by atoms with E-state index in [1.54, 1.807) is 12.1 Å². The number of aryl methyl sites for hydroxylation is 1. The Morgan fingerprint density at radius 1 is 1.21 bits per heavy atom. The van der Waals surface area contributed by atoms with Crippen LogP contribution in [-0.2, 0) is 17.8 Å². The zero-order valence-corrected chi connectivity index (χ0v) is 20.8. The molecule has 0 aromatic heterocycles. The van der Waals surface area contributed by atoms with Crippen LogP contribution < -0.4 is 15.6 Å². The van der Waals surface area contributed by atoms with Gasteiger partial charge in [0.15, 0.2) is 0 Å². The SMILES string of the molecule is CC(C)c1cc(OC(F)F)cc(C2CC2)c1CC(N)=O.Cc1cc(CN(C)C)ccc1SN. The fourth-order valence-corrected chi connectivity index (χ4v) is 4.21. The molecule has 5 nitrogen and oxygen atoms in total. The first-order chi connectivity index (χ1) is 15.5. The maximum absolute atomic E-state index is 12.4. The van der Waals surface area contributed by atoms with Crippen molar-refractivity contribution < 1.29 is 18.3 Å². The van der Waals surface area contributed by atoms with E-state index in [0.717, 1.165) is 41.0 Å². The van der Waals surface area contributed by atoms with Crippen molar-refractivity contribution in [3.63, 3.8) is 0 Å². The van der Waals surface area contributed by atoms with Gasteiger partial charge in [-0.05, 0) is 104 Å². The van der Waals surface area contributed by atoms with Gasteiger partial charge in [-0.3, -0.25) is 9.93 Å². The molecule has 4 N–H and O–H groups in total. The molecule has 0 unspecified atom stereocenters. The molecule has 1 amide bonds. The summed E-state index contributed by atoms with van der Waals surface area (Å²) >= 11 is 1.31. The summed E-state index contributed by atoms with van der Waals surface area (Å²) in [7, 11) is 4.14. The summed E-state index contributed by atoms with van der Waals surface area (Å²) in [5, 5.41) is 5.51. The monoisotopic (exact) mass is 479 g/mol. The molecule has 0 heterocycles. The zero-order chi connectivity index (χ0) is 24.7. The van der Waals surface area contributed by atoms with Gasteiger partial charge in [0.05, 0.1) is 6.42 Å². The average molecular weight is 480 g/mol. The van der Waals surface area contributed by atoms with Crippen LogP contribution in [0.4, 0.5) is 8.78 Å². The van der Waals surface area contributed by atoms with E-state index in [-0.39, 0.29) is 18.1 Å². The smallest absolute Gasteiger partial charge is 0.387 e. The van der Waals surface area contributed by atoms with Gasteiger partial charge in [-0.1, -0.05) is 26.0 Å². The van der Waals surface area contributed by atoms with Crippen LogP contribution in [-0.4, -0.2) is 31.5 Å². The number of nitrogens with two attached hydrogens (primary N) is 2. The Morgan fingerprint density at radius 3 is 2.33 bits per heavy atom. The third kappa shape index (κ3) is 8.61. The highest BCUT2D eigenvalue weighted by atomic mass is 32.2. The van der Waals surface area contributed by atoms with Crippen molar-refractivity contribution in [2.45, 2.75) is 69.9 Å². The number of carbonyl (C=O) groups excluding carboxylic acids is 1. The van der Waals surface area contributed by atoms with E-state index in [1.165, 1.54) is 23.1 Å². The molecule has 1 aliphatic rings. The van der Waals surface area contributed by atoms with E-state index in [9.17, 15) is 13.6 Å². The van der Waals surface area contributed by atoms with E-state index in [0.29, 0.717) is 5.92 Å². The molecule has 0 atom stereocenters. The topological polar surface area (TPSA) is 81.6 Å². The molecule has 0 aliphatic heterocycles. The van der Waals surface area contributed by atoms with Gasteiger partial charge in [0, 0.05) is 11.4 Å². The molecule has 1 aliphatic carbocycles. The summed E-state index contributed by atoms with van der Waals surface area (Å²) in [4.78, 5) is 14.6. The van der Waals surface area contributed by atoms with Gasteiger partial charge in [-0.2, -0.15) is 8.78 Å². The summed E-state index contributed by atoms with van der Waals surface area (Å²) in [5.74, 6) is 0.210. The Morgan fingerprint density at radius 2 is 1.88 bits per heavy atom. The number of rotatable bonds is 9. The van der Waals surface area contributed by atoms with Crippen molar-refractivity contribution in [2.75, 3.05) is 14.1 Å². The number of ether oxygens (including phenoxy) is 1. The summed E-state index contributed by atoms with van der Waals surface area (Å²) in [6.07, 6.45) is 2.18. The Labute approximate surface area is 200 Å². The van der Waals surface area contributed by atoms with Gasteiger partial charge in [0.2, 0.25) is 5.91 Å². The number of nitrogens with zero attached hydrogens (tertiary/aromatic N) is 1. The molecular formula is C25H35F2N3O2S. The molecule has 1 saturated carbocycles. The van der Waals surface area contributed by atoms with E-state index in [2.05, 4.69) is 48.9 Å². The summed E-state index contributed by atoms with van der Waals surface area (Å²) in [6.45, 7) is 4.15. The number of alkyl halides is 2. The Kier molecular flexibility index (Phi) is 10.1. The molecule has 1 fully saturated rings. The van der Waals surface area contributed by atoms with Crippen molar-refractivity contribution in [3.8, 4) is 5.75 Å². The predicted molar refractivity (Wildman–Crippen MR) is 131 cm³/mol. The fraction of sp³-hybridized carbons (Fsp3) is 0.480. The van der Waals surface area contributed by atoms with Crippen molar-refractivity contribution in [1.29, 1.82) is 0 Å². The third-order valence-electron chi connectivity index (χ3n) is 5.37. The Bertz CT molecular complexity index is 924. The third-order valence-corrected chi connectivity index (χ3v) is 6.08. The highest BCUT2D eigenvalue weighted by Gasteiger charge is 2.29. The lowest BCUT2D eigenvalue weighted by Gasteiger charge is -2.19. The lowest BCUT2D eigenvalue weighted by atomic mass is 9.89. The highest BCUT2D eigenvalue weighted by molar-refractivity contribution is 7.97. The van der Waals surface area contributed by atoms with E-state index in [4.69, 9.17) is 10.9 Å². The normalized spacial score (nSPS) is 13.3. The minimum Gasteiger partial charge on any atom is -0.435 e. The molecule has 2 aromatic carbocycles. The molecule has 0 spiro atoms. The van der Waals surface area contributed by atoms with Gasteiger partial charge < -0.3 is 15.4 Å². The first-order valence-corrected chi connectivity index (χ1v) is 11.9. The van der Waals surface area contributed by atoms with Crippen molar-refractivity contribution in [2.24, 2.45) is 10.9 Å². The van der Waals surface area contributed by atoms with Crippen LogP contribution in [0.3, 0.4) is 0 Å². The number of carbonyl (C=O) groups is 1. The lowest BCUT2D eigenvalue weighted by Crippen LogP contribution is -2.17. The molecule has 3 rings (SSSR count). The first-order valence-electron chi connectivity index (χ1n) is 11.0. The van der Waals surface area contributed by atoms with Crippen LogP contribution in [0.2, 0.25) is 0 Å². The maximum atomic E-state index is 12.4. The molecule has 0 bridgehead atoms. The van der Waals surface area contributed by atoms with Crippen LogP contribution in [0.25, 0.3) is 0 Å². The summed E-state index contributed by atoms with van der Waals surface area (Å²) < 4.78 is 29.4. The maximum Gasteiger partial charge on any atom is 0.387 e.